The molecular formula is C66H46N2OS2. The van der Waals surface area contributed by atoms with E-state index in [1.165, 1.54) is 101 Å². The molecular weight excluding hydrogens is 901 g/mol. The zero-order valence-corrected chi connectivity index (χ0v) is 40.8. The van der Waals surface area contributed by atoms with Crippen LogP contribution < -0.4 is 0 Å². The van der Waals surface area contributed by atoms with E-state index in [4.69, 9.17) is 14.4 Å². The van der Waals surface area contributed by atoms with Gasteiger partial charge in [0, 0.05) is 73.7 Å². The van der Waals surface area contributed by atoms with Gasteiger partial charge >= 0.3 is 0 Å². The van der Waals surface area contributed by atoms with Crippen LogP contribution in [0.25, 0.3) is 95.0 Å². The van der Waals surface area contributed by atoms with E-state index in [2.05, 4.69) is 201 Å². The van der Waals surface area contributed by atoms with E-state index in [1.807, 2.05) is 22.7 Å². The highest BCUT2D eigenvalue weighted by Crippen LogP contribution is 2.49. The topological polar surface area (TPSA) is 37.9 Å². The van der Waals surface area contributed by atoms with Gasteiger partial charge in [0.2, 0.25) is 0 Å². The maximum Gasteiger partial charge on any atom is 0.156 e. The average Bonchev–Trinajstić information content (AvgIpc) is 4.10. The Balaban J connectivity index is 0.981. The molecule has 3 unspecified atom stereocenters. The first kappa shape index (κ1) is 41.1. The first-order valence-corrected chi connectivity index (χ1v) is 26.7. The van der Waals surface area contributed by atoms with Gasteiger partial charge < -0.3 is 4.42 Å². The van der Waals surface area contributed by atoms with Crippen LogP contribution in [0.5, 0.6) is 0 Å². The standard InChI is InChI=1S/C66H46N2OS2/c1-2-43-61(67-66(54-25-14-23-52-47-21-9-12-28-59(47)71-65(52)54)68-62(43)53-24-13-22-51-46-20-8-11-27-58(46)70-64(51)53)49-33-34-50-45-19-7-10-26-57(45)69-63(50)56(49)37-42-30-29-41-35-39-16-3-4-17-40(39)36-55(41)48-32-31-38-15-5-6-18-44(38)60(42)48/h3-28,31-36,42-43,61H,2,29-30,37H2,1H3. The number of amidine groups is 1. The summed E-state index contributed by atoms with van der Waals surface area (Å²) in [6, 6.07) is 71.8. The highest BCUT2D eigenvalue weighted by atomic mass is 32.1. The molecule has 3 aromatic heterocycles. The number of nitrogens with zero attached hydrogens (tertiary/aromatic N) is 2. The van der Waals surface area contributed by atoms with Crippen molar-refractivity contribution in [3.8, 4) is 11.1 Å². The lowest BCUT2D eigenvalue weighted by Crippen LogP contribution is -2.29. The van der Waals surface area contributed by atoms with E-state index >= 15 is 0 Å². The van der Waals surface area contributed by atoms with Crippen molar-refractivity contribution in [1.29, 1.82) is 0 Å². The molecule has 10 aromatic carbocycles. The summed E-state index contributed by atoms with van der Waals surface area (Å²) in [5.74, 6) is 0.994. The van der Waals surface area contributed by atoms with Gasteiger partial charge in [-0.15, -0.1) is 22.7 Å². The van der Waals surface area contributed by atoms with Crippen LogP contribution in [0.15, 0.2) is 209 Å². The van der Waals surface area contributed by atoms with Crippen LogP contribution in [0.3, 0.4) is 0 Å². The Kier molecular flexibility index (Phi) is 9.37. The highest BCUT2D eigenvalue weighted by Gasteiger charge is 2.37. The van der Waals surface area contributed by atoms with E-state index in [9.17, 15) is 0 Å². The number of furan rings is 1. The molecule has 0 saturated heterocycles. The molecule has 0 spiro atoms. The molecule has 71 heavy (non-hydrogen) atoms. The third-order valence-electron chi connectivity index (χ3n) is 15.8. The molecule has 0 saturated carbocycles. The Morgan fingerprint density at radius 1 is 0.521 bits per heavy atom. The van der Waals surface area contributed by atoms with Crippen molar-refractivity contribution >= 4 is 118 Å². The number of para-hydroxylation sites is 1. The molecule has 15 rings (SSSR count). The van der Waals surface area contributed by atoms with Crippen molar-refractivity contribution in [3.63, 3.8) is 0 Å². The largest absolute Gasteiger partial charge is 0.456 e. The first-order chi connectivity index (χ1) is 35.1. The summed E-state index contributed by atoms with van der Waals surface area (Å²) >= 11 is 3.73. The van der Waals surface area contributed by atoms with Crippen LogP contribution >= 0.6 is 22.7 Å². The van der Waals surface area contributed by atoms with Crippen molar-refractivity contribution in [2.75, 3.05) is 0 Å². The van der Waals surface area contributed by atoms with Crippen LogP contribution in [-0.2, 0) is 12.8 Å². The van der Waals surface area contributed by atoms with Gasteiger partial charge in [-0.05, 0) is 111 Å². The second-order valence-electron chi connectivity index (χ2n) is 19.6. The van der Waals surface area contributed by atoms with Gasteiger partial charge in [-0.3, -0.25) is 4.99 Å². The van der Waals surface area contributed by atoms with Gasteiger partial charge in [0.15, 0.2) is 5.84 Å². The SMILES string of the molecule is CCC1C(c2cccc3c2sc2ccccc23)=NC(c2cccc3c2sc2ccccc23)=NC1c1ccc2c(oc3ccccc32)c1CC1CCc2cc3ccccc3cc2-c2ccc3ccccc3c21. The number of hydrogen-bond donors (Lipinski definition) is 0. The Bertz CT molecular complexity index is 4410. The molecule has 3 nitrogen and oxygen atoms in total. The van der Waals surface area contributed by atoms with Crippen molar-refractivity contribution in [2.45, 2.75) is 44.6 Å². The fraction of sp³-hybridized carbons (Fsp3) is 0.121. The molecule has 5 heteroatoms. The van der Waals surface area contributed by atoms with E-state index in [-0.39, 0.29) is 17.9 Å². The van der Waals surface area contributed by atoms with Gasteiger partial charge in [0.05, 0.1) is 11.8 Å². The third-order valence-corrected chi connectivity index (χ3v) is 18.3. The molecule has 0 amide bonds. The normalized spacial score (nSPS) is 17.1. The van der Waals surface area contributed by atoms with Crippen LogP contribution in [0, 0.1) is 5.92 Å². The van der Waals surface area contributed by atoms with Gasteiger partial charge in [-0.25, -0.2) is 4.99 Å². The Labute approximate surface area is 419 Å². The molecule has 0 fully saturated rings. The second kappa shape index (κ2) is 16.2. The lowest BCUT2D eigenvalue weighted by Gasteiger charge is -2.32. The smallest absolute Gasteiger partial charge is 0.156 e. The number of rotatable bonds is 6. The van der Waals surface area contributed by atoms with E-state index in [0.717, 1.165) is 64.7 Å². The lowest BCUT2D eigenvalue weighted by atomic mass is 9.78. The molecule has 13 aromatic rings. The zero-order valence-electron chi connectivity index (χ0n) is 39.2. The molecule has 2 aliphatic rings. The number of benzene rings is 10. The Morgan fingerprint density at radius 2 is 1.15 bits per heavy atom. The van der Waals surface area contributed by atoms with Crippen molar-refractivity contribution in [2.24, 2.45) is 15.9 Å². The fourth-order valence-electron chi connectivity index (χ4n) is 12.5. The molecule has 1 aliphatic carbocycles. The molecule has 1 aliphatic heterocycles. The quantitative estimate of drug-likeness (QED) is 0.164. The van der Waals surface area contributed by atoms with E-state index < -0.39 is 0 Å². The van der Waals surface area contributed by atoms with Crippen molar-refractivity contribution < 1.29 is 4.42 Å². The zero-order chi connectivity index (χ0) is 46.7. The van der Waals surface area contributed by atoms with Crippen LogP contribution in [0.1, 0.15) is 65.1 Å². The number of aliphatic imine (C=N–C) groups is 2. The van der Waals surface area contributed by atoms with Crippen molar-refractivity contribution in [1.82, 2.24) is 0 Å². The lowest BCUT2D eigenvalue weighted by molar-refractivity contribution is 0.523. The summed E-state index contributed by atoms with van der Waals surface area (Å²) in [6.45, 7) is 2.33. The number of hydrogen-bond acceptors (Lipinski definition) is 5. The maximum atomic E-state index is 7.18. The molecule has 4 heterocycles. The van der Waals surface area contributed by atoms with Crippen LogP contribution in [0.2, 0.25) is 0 Å². The van der Waals surface area contributed by atoms with E-state index in [1.54, 1.807) is 0 Å². The summed E-state index contributed by atoms with van der Waals surface area (Å²) in [5.41, 5.74) is 13.3. The molecule has 3 atom stereocenters. The van der Waals surface area contributed by atoms with Crippen molar-refractivity contribution in [3.05, 3.63) is 228 Å². The van der Waals surface area contributed by atoms with Gasteiger partial charge in [-0.1, -0.05) is 171 Å². The Hall–Kier alpha value is -7.70. The predicted molar refractivity (Wildman–Crippen MR) is 304 cm³/mol. The third kappa shape index (κ3) is 6.39. The van der Waals surface area contributed by atoms with Gasteiger partial charge in [-0.2, -0.15) is 0 Å². The number of thiophene rings is 2. The summed E-state index contributed by atoms with van der Waals surface area (Å²) in [4.78, 5) is 11.8. The van der Waals surface area contributed by atoms with E-state index in [0.29, 0.717) is 0 Å². The minimum atomic E-state index is -0.232. The summed E-state index contributed by atoms with van der Waals surface area (Å²) in [6.07, 6.45) is 3.67. The summed E-state index contributed by atoms with van der Waals surface area (Å²) in [5, 5.41) is 12.6. The number of fused-ring (bicyclic) bond motifs is 15. The average molecular weight is 947 g/mol. The maximum absolute atomic E-state index is 7.18. The van der Waals surface area contributed by atoms with Gasteiger partial charge in [0.1, 0.15) is 11.2 Å². The van der Waals surface area contributed by atoms with Crippen LogP contribution in [0.4, 0.5) is 0 Å². The fourth-order valence-corrected chi connectivity index (χ4v) is 15.0. The second-order valence-corrected chi connectivity index (χ2v) is 21.7. The summed E-state index contributed by atoms with van der Waals surface area (Å²) < 4.78 is 12.3. The first-order valence-electron chi connectivity index (χ1n) is 25.1. The molecule has 338 valence electrons. The number of aryl methyl sites for hydroxylation is 1. The highest BCUT2D eigenvalue weighted by molar-refractivity contribution is 7.26. The predicted octanol–water partition coefficient (Wildman–Crippen LogP) is 18.6. The minimum absolute atomic E-state index is 0.00399. The van der Waals surface area contributed by atoms with Crippen LogP contribution in [-0.4, -0.2) is 11.5 Å². The molecule has 0 radical (unpaired) electrons. The molecule has 0 N–H and O–H groups in total. The monoisotopic (exact) mass is 946 g/mol. The summed E-state index contributed by atoms with van der Waals surface area (Å²) in [7, 11) is 0. The Morgan fingerprint density at radius 3 is 1.92 bits per heavy atom. The minimum Gasteiger partial charge on any atom is -0.456 e. The van der Waals surface area contributed by atoms with Gasteiger partial charge in [0.25, 0.3) is 0 Å². The molecule has 0 bridgehead atoms.